The van der Waals surface area contributed by atoms with Crippen LogP contribution in [0.25, 0.3) is 0 Å². The molecular weight excluding hydrogens is 250 g/mol. The van der Waals surface area contributed by atoms with Crippen molar-refractivity contribution in [1.29, 1.82) is 0 Å². The van der Waals surface area contributed by atoms with E-state index in [-0.39, 0.29) is 5.91 Å². The van der Waals surface area contributed by atoms with Gasteiger partial charge < -0.3 is 10.1 Å². The SMILES string of the molecule is CCCCOCCCC(=O)NCCSCCNN. The summed E-state index contributed by atoms with van der Waals surface area (Å²) in [5, 5.41) is 2.89. The Kier molecular flexibility index (Phi) is 14.5. The molecule has 0 rings (SSSR count). The number of carbonyl (C=O) groups excluding carboxylic acids is 1. The largest absolute Gasteiger partial charge is 0.381 e. The summed E-state index contributed by atoms with van der Waals surface area (Å²) in [6.45, 7) is 5.16. The highest BCUT2D eigenvalue weighted by Crippen LogP contribution is 1.97. The predicted octanol–water partition coefficient (Wildman–Crippen LogP) is 0.896. The number of carbonyl (C=O) groups is 1. The Morgan fingerprint density at radius 2 is 1.94 bits per heavy atom. The summed E-state index contributed by atoms with van der Waals surface area (Å²) in [5.74, 6) is 7.16. The first-order valence-electron chi connectivity index (χ1n) is 6.67. The van der Waals surface area contributed by atoms with Gasteiger partial charge in [0, 0.05) is 44.2 Å². The summed E-state index contributed by atoms with van der Waals surface area (Å²) in [6, 6.07) is 0. The van der Waals surface area contributed by atoms with E-state index >= 15 is 0 Å². The first-order chi connectivity index (χ1) is 8.81. The van der Waals surface area contributed by atoms with Crippen molar-refractivity contribution in [3.63, 3.8) is 0 Å². The number of nitrogens with two attached hydrogens (primary N) is 1. The Hall–Kier alpha value is -0.300. The van der Waals surface area contributed by atoms with Crippen LogP contribution in [0.5, 0.6) is 0 Å². The van der Waals surface area contributed by atoms with E-state index in [2.05, 4.69) is 17.7 Å². The Morgan fingerprint density at radius 3 is 2.67 bits per heavy atom. The molecule has 6 heteroatoms. The number of hydrogen-bond acceptors (Lipinski definition) is 5. The van der Waals surface area contributed by atoms with Crippen LogP contribution >= 0.6 is 11.8 Å². The fourth-order valence-electron chi connectivity index (χ4n) is 1.27. The van der Waals surface area contributed by atoms with Gasteiger partial charge in [-0.3, -0.25) is 16.1 Å². The number of amides is 1. The Bertz CT molecular complexity index is 176. The molecule has 108 valence electrons. The molecule has 18 heavy (non-hydrogen) atoms. The predicted molar refractivity (Wildman–Crippen MR) is 77.5 cm³/mol. The number of unbranched alkanes of at least 4 members (excludes halogenated alkanes) is 1. The standard InChI is InChI=1S/C12H27N3O2S/c1-2-3-8-17-9-4-5-12(16)14-6-10-18-11-7-15-13/h15H,2-11,13H2,1H3,(H,14,16). The average Bonchev–Trinajstić information content (AvgIpc) is 2.38. The van der Waals surface area contributed by atoms with Crippen LogP contribution in [0, 0.1) is 0 Å². The Labute approximate surface area is 115 Å². The number of nitrogens with one attached hydrogen (secondary N) is 2. The minimum Gasteiger partial charge on any atom is -0.381 e. The van der Waals surface area contributed by atoms with Crippen molar-refractivity contribution < 1.29 is 9.53 Å². The van der Waals surface area contributed by atoms with Crippen LogP contribution in [-0.4, -0.2) is 43.7 Å². The second kappa shape index (κ2) is 14.8. The van der Waals surface area contributed by atoms with Crippen molar-refractivity contribution in [3.05, 3.63) is 0 Å². The van der Waals surface area contributed by atoms with Crippen molar-refractivity contribution in [3.8, 4) is 0 Å². The fourth-order valence-corrected chi connectivity index (χ4v) is 1.98. The zero-order chi connectivity index (χ0) is 13.5. The molecule has 0 fully saturated rings. The molecule has 1 amide bonds. The Balaban J connectivity index is 3.12. The third kappa shape index (κ3) is 13.8. The van der Waals surface area contributed by atoms with Crippen molar-refractivity contribution in [1.82, 2.24) is 10.7 Å². The van der Waals surface area contributed by atoms with Crippen LogP contribution in [0.1, 0.15) is 32.6 Å². The molecule has 0 spiro atoms. The quantitative estimate of drug-likeness (QED) is 0.265. The normalized spacial score (nSPS) is 10.6. The summed E-state index contributed by atoms with van der Waals surface area (Å²) in [5.41, 5.74) is 2.59. The molecule has 0 atom stereocenters. The van der Waals surface area contributed by atoms with Crippen LogP contribution in [-0.2, 0) is 9.53 Å². The van der Waals surface area contributed by atoms with Crippen molar-refractivity contribution in [2.75, 3.05) is 37.8 Å². The monoisotopic (exact) mass is 277 g/mol. The number of ether oxygens (including phenoxy) is 1. The molecule has 0 aromatic carbocycles. The number of hydrazine groups is 1. The first-order valence-corrected chi connectivity index (χ1v) is 7.82. The van der Waals surface area contributed by atoms with Crippen LogP contribution in [0.15, 0.2) is 0 Å². The van der Waals surface area contributed by atoms with Gasteiger partial charge in [-0.1, -0.05) is 13.3 Å². The number of thioether (sulfide) groups is 1. The van der Waals surface area contributed by atoms with Gasteiger partial charge in [0.1, 0.15) is 0 Å². The van der Waals surface area contributed by atoms with E-state index in [1.807, 2.05) is 0 Å². The third-order valence-electron chi connectivity index (χ3n) is 2.29. The van der Waals surface area contributed by atoms with Gasteiger partial charge in [0.15, 0.2) is 0 Å². The molecule has 0 bridgehead atoms. The van der Waals surface area contributed by atoms with Gasteiger partial charge in [-0.2, -0.15) is 11.8 Å². The second-order valence-electron chi connectivity index (χ2n) is 3.99. The molecular formula is C12H27N3O2S. The van der Waals surface area contributed by atoms with Gasteiger partial charge in [0.05, 0.1) is 0 Å². The number of hydrogen-bond donors (Lipinski definition) is 3. The summed E-state index contributed by atoms with van der Waals surface area (Å²) in [6.07, 6.45) is 3.61. The summed E-state index contributed by atoms with van der Waals surface area (Å²) in [7, 11) is 0. The molecule has 0 saturated heterocycles. The maximum atomic E-state index is 11.4. The molecule has 5 nitrogen and oxygen atoms in total. The molecule has 0 aliphatic heterocycles. The summed E-state index contributed by atoms with van der Waals surface area (Å²) >= 11 is 1.78. The van der Waals surface area contributed by atoms with Crippen LogP contribution in [0.4, 0.5) is 0 Å². The van der Waals surface area contributed by atoms with Gasteiger partial charge in [-0.25, -0.2) is 0 Å². The lowest BCUT2D eigenvalue weighted by molar-refractivity contribution is -0.121. The summed E-state index contributed by atoms with van der Waals surface area (Å²) < 4.78 is 5.39. The molecule has 0 heterocycles. The topological polar surface area (TPSA) is 76.4 Å². The van der Waals surface area contributed by atoms with E-state index in [0.717, 1.165) is 50.5 Å². The Morgan fingerprint density at radius 1 is 1.22 bits per heavy atom. The van der Waals surface area contributed by atoms with Crippen LogP contribution in [0.3, 0.4) is 0 Å². The molecule has 0 unspecified atom stereocenters. The van der Waals surface area contributed by atoms with Gasteiger partial charge >= 0.3 is 0 Å². The lowest BCUT2D eigenvalue weighted by atomic mass is 10.3. The smallest absolute Gasteiger partial charge is 0.220 e. The molecule has 0 radical (unpaired) electrons. The van der Waals surface area contributed by atoms with Crippen LogP contribution in [0.2, 0.25) is 0 Å². The fraction of sp³-hybridized carbons (Fsp3) is 0.917. The van der Waals surface area contributed by atoms with E-state index in [1.54, 1.807) is 11.8 Å². The third-order valence-corrected chi connectivity index (χ3v) is 3.28. The number of rotatable bonds is 13. The highest BCUT2D eigenvalue weighted by molar-refractivity contribution is 7.99. The van der Waals surface area contributed by atoms with Gasteiger partial charge in [-0.15, -0.1) is 0 Å². The van der Waals surface area contributed by atoms with Crippen molar-refractivity contribution in [2.24, 2.45) is 5.84 Å². The van der Waals surface area contributed by atoms with Gasteiger partial charge in [0.2, 0.25) is 5.91 Å². The minimum atomic E-state index is 0.117. The highest BCUT2D eigenvalue weighted by atomic mass is 32.2. The van der Waals surface area contributed by atoms with E-state index in [4.69, 9.17) is 10.6 Å². The maximum absolute atomic E-state index is 11.4. The van der Waals surface area contributed by atoms with Crippen molar-refractivity contribution in [2.45, 2.75) is 32.6 Å². The van der Waals surface area contributed by atoms with Crippen LogP contribution < -0.4 is 16.6 Å². The second-order valence-corrected chi connectivity index (χ2v) is 5.21. The molecule has 4 N–H and O–H groups in total. The zero-order valence-corrected chi connectivity index (χ0v) is 12.2. The average molecular weight is 277 g/mol. The lowest BCUT2D eigenvalue weighted by Crippen LogP contribution is -2.27. The lowest BCUT2D eigenvalue weighted by Gasteiger charge is -2.06. The molecule has 0 aliphatic carbocycles. The maximum Gasteiger partial charge on any atom is 0.220 e. The molecule has 0 aliphatic rings. The zero-order valence-electron chi connectivity index (χ0n) is 11.4. The first kappa shape index (κ1) is 17.7. The molecule has 0 aromatic heterocycles. The molecule has 0 saturated carbocycles. The van der Waals surface area contributed by atoms with E-state index in [1.165, 1.54) is 0 Å². The van der Waals surface area contributed by atoms with E-state index in [9.17, 15) is 4.79 Å². The van der Waals surface area contributed by atoms with E-state index in [0.29, 0.717) is 13.0 Å². The molecule has 0 aromatic rings. The van der Waals surface area contributed by atoms with Crippen molar-refractivity contribution >= 4 is 17.7 Å². The minimum absolute atomic E-state index is 0.117. The van der Waals surface area contributed by atoms with Gasteiger partial charge in [-0.05, 0) is 12.8 Å². The van der Waals surface area contributed by atoms with E-state index < -0.39 is 0 Å². The van der Waals surface area contributed by atoms with Gasteiger partial charge in [0.25, 0.3) is 0 Å². The summed E-state index contributed by atoms with van der Waals surface area (Å²) in [4.78, 5) is 11.4. The highest BCUT2D eigenvalue weighted by Gasteiger charge is 2.00.